The molecule has 0 saturated heterocycles. The van der Waals surface area contributed by atoms with Crippen LogP contribution in [0.1, 0.15) is 0 Å². The van der Waals surface area contributed by atoms with Gasteiger partial charge in [0.2, 0.25) is 0 Å². The summed E-state index contributed by atoms with van der Waals surface area (Å²) in [6.45, 7) is 0. The number of pyridine rings is 1. The second-order valence-electron chi connectivity index (χ2n) is 3.32. The van der Waals surface area contributed by atoms with E-state index < -0.39 is 0 Å². The lowest BCUT2D eigenvalue weighted by atomic mass is 10.4. The third-order valence-corrected chi connectivity index (χ3v) is 3.07. The van der Waals surface area contributed by atoms with E-state index >= 15 is 0 Å². The highest BCUT2D eigenvalue weighted by Gasteiger charge is 2.11. The molecular weight excluding hydrogens is 284 g/mol. The third-order valence-electron chi connectivity index (χ3n) is 2.19. The van der Waals surface area contributed by atoms with Crippen LogP contribution in [0.15, 0.2) is 22.6 Å². The molecule has 0 fully saturated rings. The molecule has 0 aliphatic rings. The van der Waals surface area contributed by atoms with Crippen molar-refractivity contribution >= 4 is 46.0 Å². The van der Waals surface area contributed by atoms with Gasteiger partial charge in [-0.2, -0.15) is 0 Å². The average Bonchev–Trinajstić information content (AvgIpc) is 2.85. The van der Waals surface area contributed by atoms with E-state index in [4.69, 9.17) is 39.2 Å². The van der Waals surface area contributed by atoms with Crippen molar-refractivity contribution in [2.45, 2.75) is 0 Å². The molecule has 86 valence electrons. The summed E-state index contributed by atoms with van der Waals surface area (Å²) in [5.41, 5.74) is 1.16. The smallest absolute Gasteiger partial charge is 0.194 e. The molecule has 0 aliphatic carbocycles. The summed E-state index contributed by atoms with van der Waals surface area (Å²) in [5, 5.41) is 0.881. The highest BCUT2D eigenvalue weighted by atomic mass is 35.5. The molecule has 0 unspecified atom stereocenters. The molecule has 7 heteroatoms. The lowest BCUT2D eigenvalue weighted by Gasteiger charge is -1.92. The predicted molar refractivity (Wildman–Crippen MR) is 66.6 cm³/mol. The molecule has 0 radical (unpaired) electrons. The first-order valence-electron chi connectivity index (χ1n) is 4.61. The Bertz CT molecular complexity index is 665. The number of rotatable bonds is 1. The van der Waals surface area contributed by atoms with E-state index in [2.05, 4.69) is 15.0 Å². The third kappa shape index (κ3) is 1.88. The minimum Gasteiger partial charge on any atom is -0.441 e. The molecule has 0 aromatic carbocycles. The maximum atomic E-state index is 5.86. The van der Waals surface area contributed by atoms with E-state index in [1.807, 2.05) is 0 Å². The van der Waals surface area contributed by atoms with Crippen LogP contribution in [0.25, 0.3) is 22.7 Å². The largest absolute Gasteiger partial charge is 0.441 e. The van der Waals surface area contributed by atoms with Gasteiger partial charge in [0.25, 0.3) is 0 Å². The number of hydrogen-bond donors (Lipinski definition) is 1. The number of aromatic nitrogens is 3. The number of imidazole rings is 1. The Morgan fingerprint density at radius 2 is 1.94 bits per heavy atom. The van der Waals surface area contributed by atoms with Gasteiger partial charge in [-0.1, -0.05) is 23.2 Å². The SMILES string of the molecule is Clc1ccc(-c2nc3nc(Cl)c(Cl)cc3[nH]2)o1. The number of nitrogens with zero attached hydrogens (tertiary/aromatic N) is 2. The lowest BCUT2D eigenvalue weighted by Crippen LogP contribution is -1.79. The quantitative estimate of drug-likeness (QED) is 0.683. The summed E-state index contributed by atoms with van der Waals surface area (Å²) in [5.74, 6) is 1.05. The van der Waals surface area contributed by atoms with Crippen molar-refractivity contribution in [2.24, 2.45) is 0 Å². The molecule has 0 saturated carbocycles. The van der Waals surface area contributed by atoms with Crippen LogP contribution >= 0.6 is 34.8 Å². The van der Waals surface area contributed by atoms with Crippen molar-refractivity contribution in [3.05, 3.63) is 33.6 Å². The van der Waals surface area contributed by atoms with E-state index in [0.29, 0.717) is 33.0 Å². The fourth-order valence-electron chi connectivity index (χ4n) is 1.45. The van der Waals surface area contributed by atoms with Crippen molar-refractivity contribution in [1.82, 2.24) is 15.0 Å². The number of hydrogen-bond acceptors (Lipinski definition) is 3. The molecule has 3 heterocycles. The highest BCUT2D eigenvalue weighted by molar-refractivity contribution is 6.41. The van der Waals surface area contributed by atoms with Crippen molar-refractivity contribution in [3.8, 4) is 11.6 Å². The van der Waals surface area contributed by atoms with Crippen molar-refractivity contribution in [2.75, 3.05) is 0 Å². The number of nitrogens with one attached hydrogen (secondary N) is 1. The first-order chi connectivity index (χ1) is 8.13. The highest BCUT2D eigenvalue weighted by Crippen LogP contribution is 2.27. The zero-order valence-corrected chi connectivity index (χ0v) is 10.4. The molecular formula is C10H4Cl3N3O. The fraction of sp³-hybridized carbons (Fsp3) is 0. The molecule has 0 bridgehead atoms. The van der Waals surface area contributed by atoms with Crippen molar-refractivity contribution in [3.63, 3.8) is 0 Å². The summed E-state index contributed by atoms with van der Waals surface area (Å²) in [7, 11) is 0. The summed E-state index contributed by atoms with van der Waals surface area (Å²) in [6.07, 6.45) is 0. The molecule has 1 N–H and O–H groups in total. The summed E-state index contributed by atoms with van der Waals surface area (Å²) in [4.78, 5) is 11.3. The van der Waals surface area contributed by atoms with E-state index in [0.717, 1.165) is 0 Å². The van der Waals surface area contributed by atoms with E-state index in [-0.39, 0.29) is 5.15 Å². The van der Waals surface area contributed by atoms with E-state index in [1.165, 1.54) is 0 Å². The van der Waals surface area contributed by atoms with E-state index in [9.17, 15) is 0 Å². The number of H-pyrrole nitrogens is 1. The standard InChI is InChI=1S/C10H4Cl3N3O/c11-4-3-5-9(15-8(4)13)16-10(14-5)6-1-2-7(12)17-6/h1-3H,(H,14,15,16). The van der Waals surface area contributed by atoms with Gasteiger partial charge in [-0.05, 0) is 29.8 Å². The van der Waals surface area contributed by atoms with Gasteiger partial charge in [-0.15, -0.1) is 0 Å². The van der Waals surface area contributed by atoms with Gasteiger partial charge in [0.1, 0.15) is 5.15 Å². The van der Waals surface area contributed by atoms with Crippen LogP contribution in [-0.2, 0) is 0 Å². The monoisotopic (exact) mass is 287 g/mol. The zero-order valence-electron chi connectivity index (χ0n) is 8.17. The van der Waals surface area contributed by atoms with Gasteiger partial charge in [-0.25, -0.2) is 9.97 Å². The Morgan fingerprint density at radius 3 is 2.65 bits per heavy atom. The summed E-state index contributed by atoms with van der Waals surface area (Å²) in [6, 6.07) is 5.01. The Hall–Kier alpha value is -1.23. The molecule has 0 aliphatic heterocycles. The van der Waals surface area contributed by atoms with Crippen LogP contribution in [0, 0.1) is 0 Å². The van der Waals surface area contributed by atoms with Crippen LogP contribution in [0.2, 0.25) is 15.4 Å². The topological polar surface area (TPSA) is 54.7 Å². The molecule has 0 spiro atoms. The molecule has 3 aromatic heterocycles. The van der Waals surface area contributed by atoms with Crippen LogP contribution in [0.3, 0.4) is 0 Å². The maximum absolute atomic E-state index is 5.86. The molecule has 0 atom stereocenters. The van der Waals surface area contributed by atoms with Crippen LogP contribution in [0.4, 0.5) is 0 Å². The van der Waals surface area contributed by atoms with Crippen molar-refractivity contribution in [1.29, 1.82) is 0 Å². The number of furan rings is 1. The van der Waals surface area contributed by atoms with Crippen LogP contribution < -0.4 is 0 Å². The number of aromatic amines is 1. The van der Waals surface area contributed by atoms with Gasteiger partial charge >= 0.3 is 0 Å². The minimum absolute atomic E-state index is 0.217. The lowest BCUT2D eigenvalue weighted by molar-refractivity contribution is 0.580. The zero-order chi connectivity index (χ0) is 12.0. The Morgan fingerprint density at radius 1 is 1.12 bits per heavy atom. The second-order valence-corrected chi connectivity index (χ2v) is 4.46. The maximum Gasteiger partial charge on any atom is 0.194 e. The van der Waals surface area contributed by atoms with Gasteiger partial charge in [0.15, 0.2) is 22.5 Å². The predicted octanol–water partition coefficient (Wildman–Crippen LogP) is 4.18. The summed E-state index contributed by atoms with van der Waals surface area (Å²) < 4.78 is 5.24. The molecule has 17 heavy (non-hydrogen) atoms. The minimum atomic E-state index is 0.217. The fourth-order valence-corrected chi connectivity index (χ4v) is 1.89. The summed E-state index contributed by atoms with van der Waals surface area (Å²) >= 11 is 17.4. The normalized spacial score (nSPS) is 11.2. The first kappa shape index (κ1) is 10.9. The molecule has 3 rings (SSSR count). The van der Waals surface area contributed by atoms with Gasteiger partial charge < -0.3 is 9.40 Å². The Balaban J connectivity index is 2.19. The second kappa shape index (κ2) is 3.91. The molecule has 0 amide bonds. The molecule has 4 nitrogen and oxygen atoms in total. The average molecular weight is 289 g/mol. The van der Waals surface area contributed by atoms with Crippen LogP contribution in [0.5, 0.6) is 0 Å². The Kier molecular flexibility index (Phi) is 2.50. The Labute approximate surface area is 111 Å². The van der Waals surface area contributed by atoms with Gasteiger partial charge in [0, 0.05) is 0 Å². The van der Waals surface area contributed by atoms with E-state index in [1.54, 1.807) is 18.2 Å². The number of halogens is 3. The van der Waals surface area contributed by atoms with Gasteiger partial charge in [-0.3, -0.25) is 0 Å². The number of fused-ring (bicyclic) bond motifs is 1. The van der Waals surface area contributed by atoms with Crippen LogP contribution in [-0.4, -0.2) is 15.0 Å². The van der Waals surface area contributed by atoms with Gasteiger partial charge in [0.05, 0.1) is 10.5 Å². The van der Waals surface area contributed by atoms with Crippen molar-refractivity contribution < 1.29 is 4.42 Å². The first-order valence-corrected chi connectivity index (χ1v) is 5.74. The molecule has 3 aromatic rings.